The maximum absolute atomic E-state index is 13.6. The molecule has 2 aromatic heterocycles. The maximum atomic E-state index is 13.6. The van der Waals surface area contributed by atoms with Crippen LogP contribution in [0.15, 0.2) is 46.8 Å². The van der Waals surface area contributed by atoms with E-state index in [0.29, 0.717) is 4.88 Å². The zero-order chi connectivity index (χ0) is 16.5. The summed E-state index contributed by atoms with van der Waals surface area (Å²) in [6.45, 7) is 0. The van der Waals surface area contributed by atoms with Crippen molar-refractivity contribution in [1.29, 1.82) is 0 Å². The molecule has 1 amide bonds. The molecule has 122 valence electrons. The van der Waals surface area contributed by atoms with Gasteiger partial charge in [0.05, 0.1) is 17.1 Å². The Hall–Kier alpha value is -1.70. The van der Waals surface area contributed by atoms with Gasteiger partial charge < -0.3 is 5.32 Å². The Morgan fingerprint density at radius 1 is 1.33 bits per heavy atom. The molecule has 0 saturated carbocycles. The second-order valence-corrected chi connectivity index (χ2v) is 8.47. The molecule has 24 heavy (non-hydrogen) atoms. The molecule has 0 fully saturated rings. The molecule has 1 unspecified atom stereocenters. The molecule has 0 radical (unpaired) electrons. The quantitative estimate of drug-likeness (QED) is 0.701. The van der Waals surface area contributed by atoms with Gasteiger partial charge in [-0.2, -0.15) is 0 Å². The van der Waals surface area contributed by atoms with Crippen LogP contribution in [-0.2, 0) is 0 Å². The highest BCUT2D eigenvalue weighted by Gasteiger charge is 2.24. The molecule has 3 nitrogen and oxygen atoms in total. The first kappa shape index (κ1) is 15.8. The van der Waals surface area contributed by atoms with E-state index >= 15 is 0 Å². The van der Waals surface area contributed by atoms with Gasteiger partial charge in [0.15, 0.2) is 0 Å². The van der Waals surface area contributed by atoms with Crippen molar-refractivity contribution in [3.05, 3.63) is 58.2 Å². The van der Waals surface area contributed by atoms with Crippen LogP contribution in [-0.4, -0.2) is 16.6 Å². The molecule has 0 aliphatic carbocycles. The van der Waals surface area contributed by atoms with Crippen molar-refractivity contribution in [2.24, 2.45) is 0 Å². The van der Waals surface area contributed by atoms with E-state index in [4.69, 9.17) is 0 Å². The number of carbonyl (C=O) groups excluding carboxylic acids is 1. The van der Waals surface area contributed by atoms with Crippen LogP contribution in [0.25, 0.3) is 9.88 Å². The molecular weight excluding hydrogens is 363 g/mol. The van der Waals surface area contributed by atoms with E-state index in [1.54, 1.807) is 35.4 Å². The number of halogens is 1. The van der Waals surface area contributed by atoms with E-state index in [0.717, 1.165) is 32.5 Å². The van der Waals surface area contributed by atoms with Crippen LogP contribution in [0.4, 0.5) is 4.39 Å². The number of hydrogen-bond acceptors (Lipinski definition) is 5. The molecule has 1 aliphatic heterocycles. The third-order valence-corrected chi connectivity index (χ3v) is 6.94. The van der Waals surface area contributed by atoms with E-state index in [1.807, 2.05) is 17.5 Å². The molecule has 1 aromatic carbocycles. The molecule has 0 spiro atoms. The normalized spacial score (nSPS) is 16.6. The van der Waals surface area contributed by atoms with Crippen molar-refractivity contribution in [3.63, 3.8) is 0 Å². The summed E-state index contributed by atoms with van der Waals surface area (Å²) in [4.78, 5) is 19.6. The van der Waals surface area contributed by atoms with Crippen LogP contribution in [0, 0.1) is 5.82 Å². The Balaban J connectivity index is 1.54. The molecule has 7 heteroatoms. The van der Waals surface area contributed by atoms with Crippen LogP contribution in [0.5, 0.6) is 0 Å². The summed E-state index contributed by atoms with van der Waals surface area (Å²) in [6, 6.07) is 8.57. The topological polar surface area (TPSA) is 42.0 Å². The lowest BCUT2D eigenvalue weighted by Crippen LogP contribution is -2.30. The van der Waals surface area contributed by atoms with Crippen molar-refractivity contribution in [1.82, 2.24) is 10.3 Å². The van der Waals surface area contributed by atoms with Gasteiger partial charge in [0.2, 0.25) is 0 Å². The number of thiophene rings is 1. The number of thioether (sulfide) groups is 1. The largest absolute Gasteiger partial charge is 0.344 e. The number of thiazole rings is 1. The summed E-state index contributed by atoms with van der Waals surface area (Å²) in [5.74, 6) is 0.489. The average Bonchev–Trinajstić information content (AvgIpc) is 3.26. The second-order valence-electron chi connectivity index (χ2n) is 5.35. The van der Waals surface area contributed by atoms with Crippen molar-refractivity contribution >= 4 is 40.3 Å². The maximum Gasteiger partial charge on any atom is 0.263 e. The van der Waals surface area contributed by atoms with Crippen LogP contribution >= 0.6 is 34.4 Å². The third-order valence-electron chi connectivity index (χ3n) is 3.78. The third kappa shape index (κ3) is 3.11. The molecule has 1 aliphatic rings. The summed E-state index contributed by atoms with van der Waals surface area (Å²) in [5, 5.41) is 5.87. The zero-order valence-corrected chi connectivity index (χ0v) is 14.9. The van der Waals surface area contributed by atoms with Gasteiger partial charge in [0.25, 0.3) is 5.91 Å². The average molecular weight is 377 g/mol. The van der Waals surface area contributed by atoms with Crippen molar-refractivity contribution in [2.45, 2.75) is 17.4 Å². The Morgan fingerprint density at radius 2 is 2.25 bits per heavy atom. The number of benzene rings is 1. The summed E-state index contributed by atoms with van der Waals surface area (Å²) in [5.41, 5.74) is 0.864. The molecule has 1 atom stereocenters. The van der Waals surface area contributed by atoms with E-state index < -0.39 is 0 Å². The number of nitrogens with zero attached hydrogens (tertiary/aromatic N) is 1. The first-order chi connectivity index (χ1) is 11.7. The highest BCUT2D eigenvalue weighted by Crippen LogP contribution is 2.37. The minimum Gasteiger partial charge on any atom is -0.344 e. The second kappa shape index (κ2) is 6.66. The Labute approximate surface area is 150 Å². The monoisotopic (exact) mass is 376 g/mol. The number of carbonyl (C=O) groups is 1. The first-order valence-electron chi connectivity index (χ1n) is 7.43. The van der Waals surface area contributed by atoms with Crippen LogP contribution in [0.3, 0.4) is 0 Å². The van der Waals surface area contributed by atoms with E-state index in [-0.39, 0.29) is 17.8 Å². The smallest absolute Gasteiger partial charge is 0.263 e. The predicted molar refractivity (Wildman–Crippen MR) is 97.4 cm³/mol. The van der Waals surface area contributed by atoms with Gasteiger partial charge in [-0.15, -0.1) is 34.4 Å². The van der Waals surface area contributed by atoms with Gasteiger partial charge in [-0.05, 0) is 41.6 Å². The predicted octanol–water partition coefficient (Wildman–Crippen LogP) is 4.98. The van der Waals surface area contributed by atoms with Gasteiger partial charge in [-0.3, -0.25) is 4.79 Å². The molecule has 0 bridgehead atoms. The first-order valence-corrected chi connectivity index (χ1v) is 10.1. The number of nitrogens with one attached hydrogen (secondary N) is 1. The minimum absolute atomic E-state index is 0.151. The molecular formula is C17H13FN2OS3. The highest BCUT2D eigenvalue weighted by molar-refractivity contribution is 7.99. The Kier molecular flexibility index (Phi) is 4.39. The molecule has 0 saturated heterocycles. The Morgan fingerprint density at radius 3 is 3.08 bits per heavy atom. The zero-order valence-electron chi connectivity index (χ0n) is 12.5. The molecule has 3 heterocycles. The SMILES string of the molecule is O=C(NC1CCSc2ccc(F)cc21)c1cnc(-c2cccs2)s1. The van der Waals surface area contributed by atoms with Gasteiger partial charge in [-0.25, -0.2) is 9.37 Å². The minimum atomic E-state index is -0.270. The fourth-order valence-corrected chi connectivity index (χ4v) is 5.37. The van der Waals surface area contributed by atoms with E-state index in [2.05, 4.69) is 10.3 Å². The molecule has 4 rings (SSSR count). The number of hydrogen-bond donors (Lipinski definition) is 1. The van der Waals surface area contributed by atoms with Gasteiger partial charge in [-0.1, -0.05) is 6.07 Å². The number of aromatic nitrogens is 1. The van der Waals surface area contributed by atoms with Gasteiger partial charge in [0.1, 0.15) is 15.7 Å². The van der Waals surface area contributed by atoms with Gasteiger partial charge >= 0.3 is 0 Å². The summed E-state index contributed by atoms with van der Waals surface area (Å²) >= 11 is 4.68. The fraction of sp³-hybridized carbons (Fsp3) is 0.176. The molecule has 1 N–H and O–H groups in total. The lowest BCUT2D eigenvalue weighted by molar-refractivity contribution is 0.0939. The van der Waals surface area contributed by atoms with Crippen molar-refractivity contribution in [3.8, 4) is 9.88 Å². The van der Waals surface area contributed by atoms with Crippen molar-refractivity contribution < 1.29 is 9.18 Å². The summed E-state index contributed by atoms with van der Waals surface area (Å²) in [6.07, 6.45) is 2.41. The van der Waals surface area contributed by atoms with Crippen LogP contribution in [0.2, 0.25) is 0 Å². The fourth-order valence-electron chi connectivity index (χ4n) is 2.64. The number of rotatable bonds is 3. The standard InChI is InChI=1S/C17H13FN2OS3/c18-10-3-4-13-11(8-10)12(5-7-23-13)20-16(21)15-9-19-17(24-15)14-2-1-6-22-14/h1-4,6,8-9,12H,5,7H2,(H,20,21). The van der Waals surface area contributed by atoms with Crippen molar-refractivity contribution in [2.75, 3.05) is 5.75 Å². The lowest BCUT2D eigenvalue weighted by atomic mass is 10.0. The summed E-state index contributed by atoms with van der Waals surface area (Å²) in [7, 11) is 0. The van der Waals surface area contributed by atoms with Crippen LogP contribution < -0.4 is 5.32 Å². The number of amides is 1. The van der Waals surface area contributed by atoms with Crippen LogP contribution in [0.1, 0.15) is 27.7 Å². The van der Waals surface area contributed by atoms with E-state index in [9.17, 15) is 9.18 Å². The number of fused-ring (bicyclic) bond motifs is 1. The van der Waals surface area contributed by atoms with Gasteiger partial charge in [0, 0.05) is 10.6 Å². The highest BCUT2D eigenvalue weighted by atomic mass is 32.2. The van der Waals surface area contributed by atoms with E-state index in [1.165, 1.54) is 23.5 Å². The summed E-state index contributed by atoms with van der Waals surface area (Å²) < 4.78 is 13.6. The molecule has 3 aromatic rings. The lowest BCUT2D eigenvalue weighted by Gasteiger charge is -2.25. The Bertz CT molecular complexity index is 876.